The number of anilines is 3. The number of rotatable bonds is 6. The van der Waals surface area contributed by atoms with Gasteiger partial charge in [0.25, 0.3) is 0 Å². The number of hydrogen-bond donors (Lipinski definition) is 0. The molecule has 0 unspecified atom stereocenters. The second-order valence-electron chi connectivity index (χ2n) is 15.2. The Balaban J connectivity index is 1.01. The van der Waals surface area contributed by atoms with Crippen LogP contribution in [0.3, 0.4) is 0 Å². The number of fused-ring (bicyclic) bond motifs is 9. The summed E-state index contributed by atoms with van der Waals surface area (Å²) < 4.78 is 8.77. The van der Waals surface area contributed by atoms with Gasteiger partial charge < -0.3 is 9.32 Å². The minimum Gasteiger partial charge on any atom is -0.456 e. The lowest BCUT2D eigenvalue weighted by Gasteiger charge is -2.27. The van der Waals surface area contributed by atoms with Gasteiger partial charge in [0.2, 0.25) is 0 Å². The topological polar surface area (TPSA) is 16.4 Å². The molecule has 276 valence electrons. The van der Waals surface area contributed by atoms with E-state index in [1.54, 1.807) is 0 Å². The monoisotopic (exact) mass is 769 g/mol. The van der Waals surface area contributed by atoms with Crippen LogP contribution in [0.25, 0.3) is 97.0 Å². The average molecular weight is 770 g/mol. The highest BCUT2D eigenvalue weighted by molar-refractivity contribution is 7.26. The Morgan fingerprint density at radius 2 is 0.949 bits per heavy atom. The van der Waals surface area contributed by atoms with E-state index in [0.29, 0.717) is 0 Å². The molecule has 0 radical (unpaired) electrons. The molecule has 2 aromatic heterocycles. The molecule has 0 aliphatic rings. The summed E-state index contributed by atoms with van der Waals surface area (Å²) in [4.78, 5) is 2.42. The number of thiophene rings is 1. The first-order valence-corrected chi connectivity index (χ1v) is 20.9. The molecule has 2 heterocycles. The highest BCUT2D eigenvalue weighted by atomic mass is 32.1. The van der Waals surface area contributed by atoms with Crippen LogP contribution in [0.15, 0.2) is 217 Å². The lowest BCUT2D eigenvalue weighted by atomic mass is 9.91. The van der Waals surface area contributed by atoms with E-state index in [0.717, 1.165) is 50.1 Å². The highest BCUT2D eigenvalue weighted by Gasteiger charge is 2.19. The number of benzene rings is 10. The third kappa shape index (κ3) is 5.55. The van der Waals surface area contributed by atoms with E-state index >= 15 is 0 Å². The quantitative estimate of drug-likeness (QED) is 0.167. The maximum Gasteiger partial charge on any atom is 0.135 e. The molecule has 2 nitrogen and oxygen atoms in total. The molecule has 3 heteroatoms. The molecule has 59 heavy (non-hydrogen) atoms. The van der Waals surface area contributed by atoms with Crippen molar-refractivity contribution in [1.29, 1.82) is 0 Å². The van der Waals surface area contributed by atoms with Gasteiger partial charge in [-0.1, -0.05) is 152 Å². The smallest absolute Gasteiger partial charge is 0.135 e. The van der Waals surface area contributed by atoms with Gasteiger partial charge in [0.15, 0.2) is 0 Å². The largest absolute Gasteiger partial charge is 0.456 e. The molecule has 0 saturated carbocycles. The normalized spacial score (nSPS) is 11.7. The van der Waals surface area contributed by atoms with Crippen molar-refractivity contribution in [3.05, 3.63) is 212 Å². The standard InChI is InChI=1S/C56H35NOS/c1-2-11-37(12-3-1)43-17-8-13-39-14-9-18-44(55(39)43)38-25-30-42(31-26-38)57(50-20-10-19-47-45(50)32-34-54-56(47)48-16-5-7-22-53(48)59-54)41-28-23-36(24-29-41)40-27-33-52-49(35-40)46-15-4-6-21-51(46)58-52/h1-35H. The van der Waals surface area contributed by atoms with Crippen LogP contribution in [0.4, 0.5) is 17.1 Å². The third-order valence-electron chi connectivity index (χ3n) is 11.9. The van der Waals surface area contributed by atoms with Crippen molar-refractivity contribution in [2.24, 2.45) is 0 Å². The Bertz CT molecular complexity index is 3540. The zero-order chi connectivity index (χ0) is 38.9. The van der Waals surface area contributed by atoms with Crippen molar-refractivity contribution < 1.29 is 4.42 Å². The van der Waals surface area contributed by atoms with Gasteiger partial charge in [-0.05, 0) is 110 Å². The molecule has 0 atom stereocenters. The van der Waals surface area contributed by atoms with E-state index in [4.69, 9.17) is 4.42 Å². The highest BCUT2D eigenvalue weighted by Crippen LogP contribution is 2.45. The molecule has 0 N–H and O–H groups in total. The van der Waals surface area contributed by atoms with Gasteiger partial charge in [0, 0.05) is 47.7 Å². The van der Waals surface area contributed by atoms with E-state index < -0.39 is 0 Å². The zero-order valence-corrected chi connectivity index (χ0v) is 32.8. The summed E-state index contributed by atoms with van der Waals surface area (Å²) in [6.07, 6.45) is 0. The van der Waals surface area contributed by atoms with Crippen molar-refractivity contribution in [3.63, 3.8) is 0 Å². The van der Waals surface area contributed by atoms with Crippen LogP contribution in [0.1, 0.15) is 0 Å². The molecule has 12 aromatic rings. The lowest BCUT2D eigenvalue weighted by Crippen LogP contribution is -2.10. The molecular weight excluding hydrogens is 735 g/mol. The van der Waals surface area contributed by atoms with E-state index in [2.05, 4.69) is 205 Å². The predicted octanol–water partition coefficient (Wildman–Crippen LogP) is 16.7. The molecular formula is C56H35NOS. The first kappa shape index (κ1) is 33.7. The fourth-order valence-electron chi connectivity index (χ4n) is 9.13. The summed E-state index contributed by atoms with van der Waals surface area (Å²) in [7, 11) is 0. The summed E-state index contributed by atoms with van der Waals surface area (Å²) in [6.45, 7) is 0. The second-order valence-corrected chi connectivity index (χ2v) is 16.3. The van der Waals surface area contributed by atoms with Gasteiger partial charge in [0.05, 0.1) is 5.69 Å². The van der Waals surface area contributed by atoms with E-state index in [1.807, 2.05) is 23.5 Å². The number of hydrogen-bond acceptors (Lipinski definition) is 3. The van der Waals surface area contributed by atoms with Crippen molar-refractivity contribution in [2.45, 2.75) is 0 Å². The van der Waals surface area contributed by atoms with Crippen LogP contribution in [0.2, 0.25) is 0 Å². The Hall–Kier alpha value is -7.46. The van der Waals surface area contributed by atoms with Crippen LogP contribution in [-0.2, 0) is 0 Å². The van der Waals surface area contributed by atoms with Gasteiger partial charge in [-0.2, -0.15) is 0 Å². The van der Waals surface area contributed by atoms with E-state index in [-0.39, 0.29) is 0 Å². The summed E-state index contributed by atoms with van der Waals surface area (Å²) in [6, 6.07) is 77.0. The Morgan fingerprint density at radius 3 is 1.73 bits per heavy atom. The van der Waals surface area contributed by atoms with Crippen molar-refractivity contribution in [2.75, 3.05) is 4.90 Å². The minimum absolute atomic E-state index is 0.907. The summed E-state index contributed by atoms with van der Waals surface area (Å²) in [5, 5.41) is 9.89. The Morgan fingerprint density at radius 1 is 0.339 bits per heavy atom. The zero-order valence-electron chi connectivity index (χ0n) is 32.0. The molecule has 0 spiro atoms. The average Bonchev–Trinajstić information content (AvgIpc) is 3.88. The fourth-order valence-corrected chi connectivity index (χ4v) is 10.2. The molecule has 0 aliphatic heterocycles. The number of para-hydroxylation sites is 1. The van der Waals surface area contributed by atoms with Crippen LogP contribution < -0.4 is 4.90 Å². The Labute approximate surface area is 345 Å². The van der Waals surface area contributed by atoms with Gasteiger partial charge in [-0.25, -0.2) is 0 Å². The van der Waals surface area contributed by atoms with Crippen LogP contribution >= 0.6 is 11.3 Å². The first-order chi connectivity index (χ1) is 29.2. The molecule has 10 aromatic carbocycles. The van der Waals surface area contributed by atoms with Crippen molar-refractivity contribution in [1.82, 2.24) is 0 Å². The summed E-state index contributed by atoms with van der Waals surface area (Å²) in [5.41, 5.74) is 12.3. The Kier molecular flexibility index (Phi) is 7.75. The second kappa shape index (κ2) is 13.6. The lowest BCUT2D eigenvalue weighted by molar-refractivity contribution is 0.669. The third-order valence-corrected chi connectivity index (χ3v) is 13.0. The number of furan rings is 1. The number of nitrogens with zero attached hydrogens (tertiary/aromatic N) is 1. The van der Waals surface area contributed by atoms with Crippen LogP contribution in [0, 0.1) is 0 Å². The summed E-state index contributed by atoms with van der Waals surface area (Å²) >= 11 is 1.86. The molecule has 0 saturated heterocycles. The van der Waals surface area contributed by atoms with Gasteiger partial charge >= 0.3 is 0 Å². The summed E-state index contributed by atoms with van der Waals surface area (Å²) in [5.74, 6) is 0. The van der Waals surface area contributed by atoms with Gasteiger partial charge in [-0.15, -0.1) is 11.3 Å². The first-order valence-electron chi connectivity index (χ1n) is 20.1. The fraction of sp³-hybridized carbons (Fsp3) is 0. The predicted molar refractivity (Wildman–Crippen MR) is 253 cm³/mol. The molecule has 0 amide bonds. The van der Waals surface area contributed by atoms with Crippen LogP contribution in [0.5, 0.6) is 0 Å². The van der Waals surface area contributed by atoms with E-state index in [9.17, 15) is 0 Å². The van der Waals surface area contributed by atoms with Gasteiger partial charge in [-0.3, -0.25) is 0 Å². The van der Waals surface area contributed by atoms with Crippen LogP contribution in [-0.4, -0.2) is 0 Å². The van der Waals surface area contributed by atoms with Crippen molar-refractivity contribution >= 4 is 92.1 Å². The molecule has 0 fully saturated rings. The minimum atomic E-state index is 0.907. The molecule has 0 aliphatic carbocycles. The maximum atomic E-state index is 6.15. The van der Waals surface area contributed by atoms with Gasteiger partial charge in [0.1, 0.15) is 11.2 Å². The van der Waals surface area contributed by atoms with Crippen molar-refractivity contribution in [3.8, 4) is 33.4 Å². The molecule has 12 rings (SSSR count). The molecule has 0 bridgehead atoms. The maximum absolute atomic E-state index is 6.15. The van der Waals surface area contributed by atoms with E-state index in [1.165, 1.54) is 64.0 Å². The SMILES string of the molecule is c1ccc(-c2cccc3cccc(-c4ccc(N(c5ccc(-c6ccc7oc8ccccc8c7c6)cc5)c5cccc6c5ccc5sc7ccccc7c56)cc4)c23)cc1.